The van der Waals surface area contributed by atoms with Crippen LogP contribution in [0.4, 0.5) is 0 Å². The maximum atomic E-state index is 5.32. The molecule has 2 aromatic rings. The van der Waals surface area contributed by atoms with E-state index in [1.807, 2.05) is 24.3 Å². The van der Waals surface area contributed by atoms with Crippen LogP contribution < -0.4 is 0 Å². The third-order valence-electron chi connectivity index (χ3n) is 1.45. The van der Waals surface area contributed by atoms with E-state index in [1.54, 1.807) is 0 Å². The molecule has 0 bridgehead atoms. The molecule has 0 N–H and O–H groups in total. The van der Waals surface area contributed by atoms with E-state index < -0.39 is 0 Å². The summed E-state index contributed by atoms with van der Waals surface area (Å²) in [5.41, 5.74) is 0.903. The van der Waals surface area contributed by atoms with Crippen LogP contribution in [0.25, 0.3) is 11.0 Å². The van der Waals surface area contributed by atoms with Gasteiger partial charge in [-0.2, -0.15) is 0 Å². The lowest BCUT2D eigenvalue weighted by Gasteiger charge is -1.87. The lowest BCUT2D eigenvalue weighted by atomic mass is 10.3. The minimum Gasteiger partial charge on any atom is -0.449 e. The fourth-order valence-electron chi connectivity index (χ4n) is 0.982. The van der Waals surface area contributed by atoms with E-state index in [-0.39, 0.29) is 0 Å². The van der Waals surface area contributed by atoms with Gasteiger partial charge in [0.2, 0.25) is 0 Å². The Kier molecular flexibility index (Phi) is 1.77. The normalized spacial score (nSPS) is 10.7. The maximum absolute atomic E-state index is 5.32. The van der Waals surface area contributed by atoms with Gasteiger partial charge in [0.05, 0.1) is 0 Å². The number of hydrogen-bond acceptors (Lipinski definition) is 1. The van der Waals surface area contributed by atoms with Crippen LogP contribution in [0.1, 0.15) is 0 Å². The zero-order chi connectivity index (χ0) is 7.84. The highest BCUT2D eigenvalue weighted by atomic mass is 79.9. The van der Waals surface area contributed by atoms with Crippen LogP contribution in [-0.2, 0) is 0 Å². The number of furan rings is 1. The second kappa shape index (κ2) is 2.64. The number of fused-ring (bicyclic) bond motifs is 1. The molecule has 0 radical (unpaired) electrons. The Balaban J connectivity index is 2.82. The predicted octanol–water partition coefficient (Wildman–Crippen LogP) is 3.96. The van der Waals surface area contributed by atoms with Crippen LogP contribution in [-0.4, -0.2) is 0 Å². The second-order valence-electron chi connectivity index (χ2n) is 2.23. The topological polar surface area (TPSA) is 13.1 Å². The van der Waals surface area contributed by atoms with E-state index in [2.05, 4.69) is 31.9 Å². The summed E-state index contributed by atoms with van der Waals surface area (Å²) in [6, 6.07) is 7.85. The molecule has 1 aromatic carbocycles. The first kappa shape index (κ1) is 7.37. The molecule has 1 aromatic heterocycles. The molecular formula is C8H4Br2O. The molecule has 3 heteroatoms. The summed E-state index contributed by atoms with van der Waals surface area (Å²) < 4.78 is 7.16. The molecule has 0 spiro atoms. The summed E-state index contributed by atoms with van der Waals surface area (Å²) in [6.45, 7) is 0. The number of halogens is 2. The Morgan fingerprint density at radius 1 is 1.09 bits per heavy atom. The van der Waals surface area contributed by atoms with Crippen molar-refractivity contribution in [1.82, 2.24) is 0 Å². The summed E-state index contributed by atoms with van der Waals surface area (Å²) in [5, 5.41) is 1.10. The molecular weight excluding hydrogens is 272 g/mol. The molecule has 0 atom stereocenters. The SMILES string of the molecule is Brc1ccc2oc(Br)cc2c1. The molecule has 0 aliphatic carbocycles. The van der Waals surface area contributed by atoms with Crippen molar-refractivity contribution in [3.63, 3.8) is 0 Å². The molecule has 2 rings (SSSR count). The van der Waals surface area contributed by atoms with Gasteiger partial charge in [-0.3, -0.25) is 0 Å². The van der Waals surface area contributed by atoms with Crippen molar-refractivity contribution in [3.8, 4) is 0 Å². The zero-order valence-electron chi connectivity index (χ0n) is 5.47. The predicted molar refractivity (Wildman–Crippen MR) is 51.6 cm³/mol. The van der Waals surface area contributed by atoms with Crippen molar-refractivity contribution in [1.29, 1.82) is 0 Å². The number of benzene rings is 1. The molecule has 0 aliphatic rings. The Hall–Kier alpha value is -0.280. The summed E-state index contributed by atoms with van der Waals surface area (Å²) in [7, 11) is 0. The first-order chi connectivity index (χ1) is 5.25. The van der Waals surface area contributed by atoms with Gasteiger partial charge >= 0.3 is 0 Å². The molecule has 0 unspecified atom stereocenters. The Labute approximate surface area is 80.6 Å². The quantitative estimate of drug-likeness (QED) is 0.709. The van der Waals surface area contributed by atoms with Gasteiger partial charge in [0, 0.05) is 9.86 Å². The summed E-state index contributed by atoms with van der Waals surface area (Å²) in [5.74, 6) is 0. The highest BCUT2D eigenvalue weighted by molar-refractivity contribution is 9.10. The minimum atomic E-state index is 0.769. The van der Waals surface area contributed by atoms with Crippen LogP contribution in [0.3, 0.4) is 0 Å². The minimum absolute atomic E-state index is 0.769. The zero-order valence-corrected chi connectivity index (χ0v) is 8.65. The van der Waals surface area contributed by atoms with Gasteiger partial charge < -0.3 is 4.42 Å². The van der Waals surface area contributed by atoms with Crippen molar-refractivity contribution in [2.75, 3.05) is 0 Å². The van der Waals surface area contributed by atoms with E-state index in [4.69, 9.17) is 4.42 Å². The van der Waals surface area contributed by atoms with E-state index >= 15 is 0 Å². The average Bonchev–Trinajstić information content (AvgIpc) is 2.27. The fourth-order valence-corrected chi connectivity index (χ4v) is 1.78. The molecule has 11 heavy (non-hydrogen) atoms. The third-order valence-corrected chi connectivity index (χ3v) is 2.33. The van der Waals surface area contributed by atoms with Crippen molar-refractivity contribution >= 4 is 42.8 Å². The Bertz CT molecular complexity index is 392. The van der Waals surface area contributed by atoms with Crippen molar-refractivity contribution in [2.45, 2.75) is 0 Å². The van der Waals surface area contributed by atoms with Crippen molar-refractivity contribution in [3.05, 3.63) is 33.4 Å². The largest absolute Gasteiger partial charge is 0.449 e. The molecule has 0 fully saturated rings. The van der Waals surface area contributed by atoms with Crippen molar-refractivity contribution in [2.24, 2.45) is 0 Å². The van der Waals surface area contributed by atoms with E-state index in [0.717, 1.165) is 20.1 Å². The lowest BCUT2D eigenvalue weighted by Crippen LogP contribution is -1.62. The van der Waals surface area contributed by atoms with Gasteiger partial charge in [-0.15, -0.1) is 0 Å². The lowest BCUT2D eigenvalue weighted by molar-refractivity contribution is 0.587. The first-order valence-corrected chi connectivity index (χ1v) is 4.69. The molecule has 1 nitrogen and oxygen atoms in total. The number of rotatable bonds is 0. The summed E-state index contributed by atoms with van der Waals surface area (Å²) >= 11 is 6.65. The van der Waals surface area contributed by atoms with Gasteiger partial charge in [0.1, 0.15) is 5.58 Å². The monoisotopic (exact) mass is 274 g/mol. The van der Waals surface area contributed by atoms with E-state index in [9.17, 15) is 0 Å². The average molecular weight is 276 g/mol. The van der Waals surface area contributed by atoms with Gasteiger partial charge in [-0.1, -0.05) is 15.9 Å². The van der Waals surface area contributed by atoms with Crippen LogP contribution in [0, 0.1) is 0 Å². The van der Waals surface area contributed by atoms with Crippen LogP contribution in [0.15, 0.2) is 37.8 Å². The standard InChI is InChI=1S/C8H4Br2O/c9-6-1-2-7-5(3-6)4-8(10)11-7/h1-4H. The first-order valence-electron chi connectivity index (χ1n) is 3.10. The highest BCUT2D eigenvalue weighted by Crippen LogP contribution is 2.25. The second-order valence-corrected chi connectivity index (χ2v) is 3.93. The van der Waals surface area contributed by atoms with E-state index in [1.165, 1.54) is 0 Å². The maximum Gasteiger partial charge on any atom is 0.170 e. The molecule has 0 amide bonds. The van der Waals surface area contributed by atoms with Crippen molar-refractivity contribution < 1.29 is 4.42 Å². The van der Waals surface area contributed by atoms with Crippen LogP contribution in [0.5, 0.6) is 0 Å². The third kappa shape index (κ3) is 1.35. The smallest absolute Gasteiger partial charge is 0.170 e. The fraction of sp³-hybridized carbons (Fsp3) is 0. The van der Waals surface area contributed by atoms with Crippen LogP contribution >= 0.6 is 31.9 Å². The Morgan fingerprint density at radius 2 is 1.91 bits per heavy atom. The van der Waals surface area contributed by atoms with Gasteiger partial charge in [-0.25, -0.2) is 0 Å². The molecule has 0 aliphatic heterocycles. The van der Waals surface area contributed by atoms with Gasteiger partial charge in [0.25, 0.3) is 0 Å². The summed E-state index contributed by atoms with van der Waals surface area (Å²) in [6.07, 6.45) is 0. The van der Waals surface area contributed by atoms with E-state index in [0.29, 0.717) is 0 Å². The molecule has 1 heterocycles. The highest BCUT2D eigenvalue weighted by Gasteiger charge is 1.99. The molecule has 56 valence electrons. The van der Waals surface area contributed by atoms with Crippen LogP contribution in [0.2, 0.25) is 0 Å². The number of hydrogen-bond donors (Lipinski definition) is 0. The summed E-state index contributed by atoms with van der Waals surface area (Å²) in [4.78, 5) is 0. The van der Waals surface area contributed by atoms with Gasteiger partial charge in [0.15, 0.2) is 4.67 Å². The molecule has 0 saturated heterocycles. The molecule has 0 saturated carbocycles. The van der Waals surface area contributed by atoms with Gasteiger partial charge in [-0.05, 0) is 40.2 Å². The Morgan fingerprint density at radius 3 is 2.73 bits per heavy atom.